The summed E-state index contributed by atoms with van der Waals surface area (Å²) in [5.74, 6) is 0.878. The first kappa shape index (κ1) is 14.6. The van der Waals surface area contributed by atoms with Gasteiger partial charge in [-0.25, -0.2) is 0 Å². The summed E-state index contributed by atoms with van der Waals surface area (Å²) in [6.07, 6.45) is 1.72. The fourth-order valence-corrected chi connectivity index (χ4v) is 3.78. The number of rotatable bonds is 5. The molecule has 1 unspecified atom stereocenters. The van der Waals surface area contributed by atoms with Crippen molar-refractivity contribution >= 4 is 27.3 Å². The van der Waals surface area contributed by atoms with Crippen LogP contribution in [-0.2, 0) is 12.8 Å². The third-order valence-corrected chi connectivity index (χ3v) is 4.95. The van der Waals surface area contributed by atoms with E-state index in [2.05, 4.69) is 46.4 Å². The number of halogens is 1. The highest BCUT2D eigenvalue weighted by Gasteiger charge is 2.21. The van der Waals surface area contributed by atoms with Crippen LogP contribution < -0.4 is 10.5 Å². The summed E-state index contributed by atoms with van der Waals surface area (Å²) in [5, 5.41) is 2.09. The molecule has 0 amide bonds. The first-order valence-corrected chi connectivity index (χ1v) is 7.81. The van der Waals surface area contributed by atoms with Crippen LogP contribution in [0.4, 0.5) is 0 Å². The number of hydrogen-bond donors (Lipinski definition) is 1. The van der Waals surface area contributed by atoms with E-state index in [1.165, 1.54) is 10.4 Å². The summed E-state index contributed by atoms with van der Waals surface area (Å²) in [7, 11) is 1.68. The number of benzene rings is 1. The molecule has 102 valence electrons. The lowest BCUT2D eigenvalue weighted by molar-refractivity contribution is 0.414. The van der Waals surface area contributed by atoms with E-state index < -0.39 is 0 Å². The minimum Gasteiger partial charge on any atom is -0.497 e. The lowest BCUT2D eigenvalue weighted by Gasteiger charge is -2.24. The van der Waals surface area contributed by atoms with Crippen molar-refractivity contribution in [1.82, 2.24) is 0 Å². The Morgan fingerprint density at radius 3 is 2.42 bits per heavy atom. The number of nitrogens with two attached hydrogens (primary N) is 1. The van der Waals surface area contributed by atoms with Crippen LogP contribution in [0.2, 0.25) is 0 Å². The predicted molar refractivity (Wildman–Crippen MR) is 85.0 cm³/mol. The Morgan fingerprint density at radius 1 is 1.21 bits per heavy atom. The van der Waals surface area contributed by atoms with Crippen LogP contribution in [0.25, 0.3) is 0 Å². The second-order valence-corrected chi connectivity index (χ2v) is 6.90. The van der Waals surface area contributed by atoms with Gasteiger partial charge in [-0.2, -0.15) is 0 Å². The van der Waals surface area contributed by atoms with Crippen molar-refractivity contribution < 1.29 is 4.74 Å². The van der Waals surface area contributed by atoms with Crippen LogP contribution in [0, 0.1) is 0 Å². The molecule has 2 nitrogen and oxygen atoms in total. The maximum absolute atomic E-state index is 6.43. The number of thiophene rings is 1. The molecule has 0 bridgehead atoms. The monoisotopic (exact) mass is 339 g/mol. The van der Waals surface area contributed by atoms with Gasteiger partial charge in [-0.15, -0.1) is 11.3 Å². The van der Waals surface area contributed by atoms with Crippen molar-refractivity contribution in [2.75, 3.05) is 7.11 Å². The van der Waals surface area contributed by atoms with E-state index in [1.807, 2.05) is 12.1 Å². The van der Waals surface area contributed by atoms with Gasteiger partial charge in [-0.1, -0.05) is 12.1 Å². The maximum atomic E-state index is 6.43. The first-order chi connectivity index (χ1) is 9.00. The number of methoxy groups -OCH3 is 1. The summed E-state index contributed by atoms with van der Waals surface area (Å²) >= 11 is 5.31. The molecule has 19 heavy (non-hydrogen) atoms. The van der Waals surface area contributed by atoms with Crippen LogP contribution in [0.3, 0.4) is 0 Å². The quantitative estimate of drug-likeness (QED) is 0.892. The fraction of sp³-hybridized carbons (Fsp3) is 0.333. The van der Waals surface area contributed by atoms with E-state index in [4.69, 9.17) is 10.5 Å². The maximum Gasteiger partial charge on any atom is 0.118 e. The third-order valence-electron chi connectivity index (χ3n) is 3.02. The zero-order valence-electron chi connectivity index (χ0n) is 11.2. The normalized spacial score (nSPS) is 14.1. The molecule has 2 aromatic rings. The number of ether oxygens (including phenoxy) is 1. The van der Waals surface area contributed by atoms with Gasteiger partial charge >= 0.3 is 0 Å². The molecule has 0 fully saturated rings. The van der Waals surface area contributed by atoms with E-state index in [-0.39, 0.29) is 5.54 Å². The molecule has 4 heteroatoms. The van der Waals surface area contributed by atoms with Crippen LogP contribution in [0.5, 0.6) is 5.75 Å². The molecule has 0 saturated carbocycles. The Kier molecular flexibility index (Phi) is 4.66. The largest absolute Gasteiger partial charge is 0.497 e. The molecule has 2 N–H and O–H groups in total. The molecule has 0 radical (unpaired) electrons. The van der Waals surface area contributed by atoms with Crippen molar-refractivity contribution in [3.05, 3.63) is 50.6 Å². The van der Waals surface area contributed by atoms with E-state index in [0.717, 1.165) is 23.1 Å². The lowest BCUT2D eigenvalue weighted by atomic mass is 9.90. The van der Waals surface area contributed by atoms with Crippen molar-refractivity contribution in [2.24, 2.45) is 5.73 Å². The summed E-state index contributed by atoms with van der Waals surface area (Å²) in [6.45, 7) is 2.10. The molecule has 0 aliphatic carbocycles. The minimum absolute atomic E-state index is 0.248. The highest BCUT2D eigenvalue weighted by Crippen LogP contribution is 2.27. The van der Waals surface area contributed by atoms with Crippen LogP contribution >= 0.6 is 27.3 Å². The highest BCUT2D eigenvalue weighted by atomic mass is 79.9. The van der Waals surface area contributed by atoms with Gasteiger partial charge in [0.1, 0.15) is 5.75 Å². The molecule has 0 aliphatic heterocycles. The Morgan fingerprint density at radius 2 is 1.89 bits per heavy atom. The van der Waals surface area contributed by atoms with Crippen molar-refractivity contribution in [1.29, 1.82) is 0 Å². The first-order valence-electron chi connectivity index (χ1n) is 6.14. The lowest BCUT2D eigenvalue weighted by Crippen LogP contribution is -2.40. The SMILES string of the molecule is COc1ccc(CC(C)(N)Cc2sccc2Br)cc1. The molecule has 0 aliphatic rings. The molecule has 1 aromatic carbocycles. The highest BCUT2D eigenvalue weighted by molar-refractivity contribution is 9.10. The van der Waals surface area contributed by atoms with Gasteiger partial charge in [-0.3, -0.25) is 0 Å². The van der Waals surface area contributed by atoms with Gasteiger partial charge in [0, 0.05) is 21.3 Å². The van der Waals surface area contributed by atoms with Gasteiger partial charge in [0.05, 0.1) is 7.11 Å². The molecular weight excluding hydrogens is 322 g/mol. The average molecular weight is 340 g/mol. The Hall–Kier alpha value is -0.840. The summed E-state index contributed by atoms with van der Waals surface area (Å²) in [5.41, 5.74) is 7.42. The Balaban J connectivity index is 2.05. The topological polar surface area (TPSA) is 35.2 Å². The molecular formula is C15H18BrNOS. The summed E-state index contributed by atoms with van der Waals surface area (Å²) in [6, 6.07) is 10.2. The van der Waals surface area contributed by atoms with Crippen LogP contribution in [0.1, 0.15) is 17.4 Å². The second-order valence-electron chi connectivity index (χ2n) is 5.05. The van der Waals surface area contributed by atoms with Gasteiger partial charge in [-0.05, 0) is 58.4 Å². The average Bonchev–Trinajstić information content (AvgIpc) is 2.75. The summed E-state index contributed by atoms with van der Waals surface area (Å²) in [4.78, 5) is 1.30. The molecule has 0 spiro atoms. The molecule has 1 atom stereocenters. The van der Waals surface area contributed by atoms with Crippen LogP contribution in [0.15, 0.2) is 40.2 Å². The van der Waals surface area contributed by atoms with Gasteiger partial charge < -0.3 is 10.5 Å². The Labute approximate surface area is 126 Å². The van der Waals surface area contributed by atoms with Crippen LogP contribution in [-0.4, -0.2) is 12.6 Å². The van der Waals surface area contributed by atoms with Crippen molar-refractivity contribution in [3.8, 4) is 5.75 Å². The smallest absolute Gasteiger partial charge is 0.118 e. The standard InChI is InChI=1S/C15H18BrNOS/c1-15(17,10-14-13(16)7-8-19-14)9-11-3-5-12(18-2)6-4-11/h3-8H,9-10,17H2,1-2H3. The van der Waals surface area contributed by atoms with Gasteiger partial charge in [0.25, 0.3) is 0 Å². The van der Waals surface area contributed by atoms with E-state index in [1.54, 1.807) is 18.4 Å². The van der Waals surface area contributed by atoms with E-state index in [9.17, 15) is 0 Å². The second kappa shape index (κ2) is 6.07. The molecule has 2 rings (SSSR count). The predicted octanol–water partition coefficient (Wildman–Crippen LogP) is 4.02. The molecule has 0 saturated heterocycles. The molecule has 1 heterocycles. The Bertz CT molecular complexity index is 533. The fourth-order valence-electron chi connectivity index (χ4n) is 2.09. The third kappa shape index (κ3) is 4.06. The van der Waals surface area contributed by atoms with Crippen molar-refractivity contribution in [3.63, 3.8) is 0 Å². The zero-order valence-corrected chi connectivity index (χ0v) is 13.6. The van der Waals surface area contributed by atoms with E-state index in [0.29, 0.717) is 0 Å². The summed E-state index contributed by atoms with van der Waals surface area (Å²) < 4.78 is 6.32. The molecule has 1 aromatic heterocycles. The van der Waals surface area contributed by atoms with Crippen molar-refractivity contribution in [2.45, 2.75) is 25.3 Å². The minimum atomic E-state index is -0.248. The zero-order chi connectivity index (χ0) is 13.9. The van der Waals surface area contributed by atoms with Gasteiger partial charge in [0.15, 0.2) is 0 Å². The number of hydrogen-bond acceptors (Lipinski definition) is 3. The van der Waals surface area contributed by atoms with E-state index >= 15 is 0 Å². The van der Waals surface area contributed by atoms with Gasteiger partial charge in [0.2, 0.25) is 0 Å².